The van der Waals surface area contributed by atoms with Crippen molar-refractivity contribution in [1.29, 1.82) is 5.26 Å². The maximum absolute atomic E-state index is 13.6. The lowest BCUT2D eigenvalue weighted by Crippen LogP contribution is -2.00. The molecule has 1 heterocycles. The van der Waals surface area contributed by atoms with E-state index in [1.807, 2.05) is 5.38 Å². The van der Waals surface area contributed by atoms with E-state index in [-0.39, 0.29) is 11.2 Å². The zero-order valence-electron chi connectivity index (χ0n) is 9.69. The predicted molar refractivity (Wildman–Crippen MR) is 68.5 cm³/mol. The summed E-state index contributed by atoms with van der Waals surface area (Å²) in [6, 6.07) is 8.99. The Morgan fingerprint density at radius 2 is 2.17 bits per heavy atom. The normalized spacial score (nSPS) is 16.2. The maximum Gasteiger partial charge on any atom is 0.132 e. The molecule has 90 valence electrons. The predicted octanol–water partition coefficient (Wildman–Crippen LogP) is 3.80. The summed E-state index contributed by atoms with van der Waals surface area (Å²) in [6.45, 7) is 0. The number of nitrogens with zero attached hydrogens (tertiary/aromatic N) is 2. The van der Waals surface area contributed by atoms with Gasteiger partial charge in [-0.25, -0.2) is 9.37 Å². The first-order chi connectivity index (χ1) is 8.72. The maximum atomic E-state index is 13.6. The van der Waals surface area contributed by atoms with E-state index >= 15 is 0 Å². The molecule has 0 amide bonds. The molecule has 0 unspecified atom stereocenters. The summed E-state index contributed by atoms with van der Waals surface area (Å²) in [5.41, 5.74) is 1.01. The first-order valence-electron chi connectivity index (χ1n) is 5.83. The van der Waals surface area contributed by atoms with Crippen molar-refractivity contribution < 1.29 is 4.39 Å². The lowest BCUT2D eigenvalue weighted by Gasteiger charge is -2.01. The molecule has 0 aliphatic heterocycles. The van der Waals surface area contributed by atoms with E-state index in [0.29, 0.717) is 17.7 Å². The largest absolute Gasteiger partial charge is 0.241 e. The fourth-order valence-electron chi connectivity index (χ4n) is 1.95. The van der Waals surface area contributed by atoms with Crippen LogP contribution in [-0.2, 0) is 6.42 Å². The standard InChI is InChI=1S/C14H11FN2S/c15-11-4-2-1-3-10(11)12-8-18-13(17-12)7-14(9-16)5-6-14/h1-4,8H,5-7H2. The Morgan fingerprint density at radius 1 is 1.39 bits per heavy atom. The Kier molecular flexibility index (Phi) is 2.64. The molecule has 1 saturated carbocycles. The highest BCUT2D eigenvalue weighted by molar-refractivity contribution is 7.09. The number of nitriles is 1. The van der Waals surface area contributed by atoms with Crippen LogP contribution in [0.25, 0.3) is 11.3 Å². The van der Waals surface area contributed by atoms with Gasteiger partial charge in [-0.05, 0) is 25.0 Å². The van der Waals surface area contributed by atoms with Crippen LogP contribution in [0, 0.1) is 22.6 Å². The number of rotatable bonds is 3. The van der Waals surface area contributed by atoms with Crippen molar-refractivity contribution in [2.75, 3.05) is 0 Å². The molecule has 2 nitrogen and oxygen atoms in total. The van der Waals surface area contributed by atoms with E-state index in [4.69, 9.17) is 5.26 Å². The van der Waals surface area contributed by atoms with Gasteiger partial charge in [0, 0.05) is 17.4 Å². The molecular formula is C14H11FN2S. The number of benzene rings is 1. The van der Waals surface area contributed by atoms with Crippen LogP contribution < -0.4 is 0 Å². The number of halogens is 1. The fraction of sp³-hybridized carbons (Fsp3) is 0.286. The Bertz CT molecular complexity index is 623. The van der Waals surface area contributed by atoms with Gasteiger partial charge in [-0.2, -0.15) is 5.26 Å². The van der Waals surface area contributed by atoms with Gasteiger partial charge in [-0.3, -0.25) is 0 Å². The first-order valence-corrected chi connectivity index (χ1v) is 6.71. The van der Waals surface area contributed by atoms with Crippen molar-refractivity contribution in [3.63, 3.8) is 0 Å². The molecule has 1 aliphatic rings. The summed E-state index contributed by atoms with van der Waals surface area (Å²) in [4.78, 5) is 4.44. The van der Waals surface area contributed by atoms with Gasteiger partial charge in [-0.15, -0.1) is 11.3 Å². The highest BCUT2D eigenvalue weighted by Gasteiger charge is 2.43. The number of thiazole rings is 1. The van der Waals surface area contributed by atoms with Gasteiger partial charge in [0.25, 0.3) is 0 Å². The first kappa shape index (κ1) is 11.4. The molecule has 0 spiro atoms. The van der Waals surface area contributed by atoms with E-state index in [9.17, 15) is 4.39 Å². The van der Waals surface area contributed by atoms with Crippen LogP contribution >= 0.6 is 11.3 Å². The van der Waals surface area contributed by atoms with Crippen molar-refractivity contribution in [2.45, 2.75) is 19.3 Å². The Balaban J connectivity index is 1.86. The number of hydrogen-bond donors (Lipinski definition) is 0. The second-order valence-corrected chi connectivity index (χ2v) is 5.62. The van der Waals surface area contributed by atoms with Gasteiger partial charge in [0.05, 0.1) is 22.2 Å². The Morgan fingerprint density at radius 3 is 2.83 bits per heavy atom. The minimum atomic E-state index is -0.254. The van der Waals surface area contributed by atoms with Crippen LogP contribution in [0.15, 0.2) is 29.6 Å². The van der Waals surface area contributed by atoms with Crippen molar-refractivity contribution in [1.82, 2.24) is 4.98 Å². The molecule has 0 N–H and O–H groups in total. The van der Waals surface area contributed by atoms with Gasteiger partial charge in [-0.1, -0.05) is 12.1 Å². The van der Waals surface area contributed by atoms with Crippen molar-refractivity contribution in [2.24, 2.45) is 5.41 Å². The summed E-state index contributed by atoms with van der Waals surface area (Å²) >= 11 is 1.51. The number of hydrogen-bond acceptors (Lipinski definition) is 3. The average Bonchev–Trinajstić information content (AvgIpc) is 3.00. The van der Waals surface area contributed by atoms with Crippen LogP contribution in [0.4, 0.5) is 4.39 Å². The summed E-state index contributed by atoms with van der Waals surface area (Å²) in [6.07, 6.45) is 2.61. The zero-order valence-corrected chi connectivity index (χ0v) is 10.5. The third-order valence-corrected chi connectivity index (χ3v) is 4.13. The van der Waals surface area contributed by atoms with Crippen molar-refractivity contribution in [3.05, 3.63) is 40.5 Å². The molecule has 0 saturated heterocycles. The third-order valence-electron chi connectivity index (χ3n) is 3.28. The molecule has 0 atom stereocenters. The Hall–Kier alpha value is -1.73. The zero-order chi connectivity index (χ0) is 12.6. The molecule has 1 fully saturated rings. The lowest BCUT2D eigenvalue weighted by atomic mass is 10.1. The molecule has 0 bridgehead atoms. The second kappa shape index (κ2) is 4.18. The summed E-state index contributed by atoms with van der Waals surface area (Å²) in [5, 5.41) is 11.8. The van der Waals surface area contributed by atoms with Crippen LogP contribution in [0.2, 0.25) is 0 Å². The molecule has 1 aromatic heterocycles. The quantitative estimate of drug-likeness (QED) is 0.839. The number of aromatic nitrogens is 1. The third kappa shape index (κ3) is 2.02. The van der Waals surface area contributed by atoms with Gasteiger partial charge < -0.3 is 0 Å². The summed E-state index contributed by atoms with van der Waals surface area (Å²) < 4.78 is 13.6. The highest BCUT2D eigenvalue weighted by Crippen LogP contribution is 2.48. The smallest absolute Gasteiger partial charge is 0.132 e. The fourth-order valence-corrected chi connectivity index (χ4v) is 2.89. The second-order valence-electron chi connectivity index (χ2n) is 4.68. The van der Waals surface area contributed by atoms with Gasteiger partial charge >= 0.3 is 0 Å². The molecule has 3 rings (SSSR count). The van der Waals surface area contributed by atoms with Crippen LogP contribution in [0.3, 0.4) is 0 Å². The lowest BCUT2D eigenvalue weighted by molar-refractivity contribution is 0.630. The average molecular weight is 258 g/mol. The molecule has 18 heavy (non-hydrogen) atoms. The summed E-state index contributed by atoms with van der Waals surface area (Å²) in [5.74, 6) is -0.254. The van der Waals surface area contributed by atoms with Crippen molar-refractivity contribution in [3.8, 4) is 17.3 Å². The van der Waals surface area contributed by atoms with E-state index < -0.39 is 0 Å². The minimum absolute atomic E-state index is 0.190. The molecular weight excluding hydrogens is 247 g/mol. The van der Waals surface area contributed by atoms with Gasteiger partial charge in [0.1, 0.15) is 5.82 Å². The van der Waals surface area contributed by atoms with E-state index in [2.05, 4.69) is 11.1 Å². The van der Waals surface area contributed by atoms with E-state index in [1.54, 1.807) is 18.2 Å². The molecule has 2 aromatic rings. The minimum Gasteiger partial charge on any atom is -0.241 e. The molecule has 4 heteroatoms. The van der Waals surface area contributed by atoms with Crippen LogP contribution in [0.1, 0.15) is 17.8 Å². The topological polar surface area (TPSA) is 36.7 Å². The van der Waals surface area contributed by atoms with Crippen molar-refractivity contribution >= 4 is 11.3 Å². The van der Waals surface area contributed by atoms with Crippen LogP contribution in [-0.4, -0.2) is 4.98 Å². The molecule has 0 radical (unpaired) electrons. The van der Waals surface area contributed by atoms with Crippen LogP contribution in [0.5, 0.6) is 0 Å². The highest BCUT2D eigenvalue weighted by atomic mass is 32.1. The van der Waals surface area contributed by atoms with E-state index in [1.165, 1.54) is 17.4 Å². The summed E-state index contributed by atoms with van der Waals surface area (Å²) in [7, 11) is 0. The van der Waals surface area contributed by atoms with Gasteiger partial charge in [0.2, 0.25) is 0 Å². The molecule has 1 aromatic carbocycles. The monoisotopic (exact) mass is 258 g/mol. The Labute approximate surface area is 109 Å². The van der Waals surface area contributed by atoms with Gasteiger partial charge in [0.15, 0.2) is 0 Å². The van der Waals surface area contributed by atoms with E-state index in [0.717, 1.165) is 17.8 Å². The SMILES string of the molecule is N#CC1(Cc2nc(-c3ccccc3F)cs2)CC1. The molecule has 1 aliphatic carbocycles.